The van der Waals surface area contributed by atoms with Gasteiger partial charge in [0.25, 0.3) is 0 Å². The summed E-state index contributed by atoms with van der Waals surface area (Å²) in [5, 5.41) is 10.1. The number of Topliss-reactive ketones (excluding diaryl/α,β-unsaturated/α-hetero) is 1. The fourth-order valence-corrected chi connectivity index (χ4v) is 5.24. The van der Waals surface area contributed by atoms with Crippen LogP contribution in [0.25, 0.3) is 0 Å². The first-order chi connectivity index (χ1) is 14.7. The molecule has 2 aliphatic carbocycles. The van der Waals surface area contributed by atoms with E-state index in [1.54, 1.807) is 18.2 Å². The number of aliphatic imine (C=N–C) groups is 1. The van der Waals surface area contributed by atoms with E-state index in [0.29, 0.717) is 29.9 Å². The number of methoxy groups -OCH3 is 1. The van der Waals surface area contributed by atoms with Gasteiger partial charge in [0.05, 0.1) is 7.11 Å². The van der Waals surface area contributed by atoms with Crippen LogP contribution >= 0.6 is 0 Å². The summed E-state index contributed by atoms with van der Waals surface area (Å²) in [7, 11) is 1.48. The van der Waals surface area contributed by atoms with Gasteiger partial charge in [0, 0.05) is 29.3 Å². The SMILES string of the molecule is COc1cc([C@H]2C3=C(CC(C)(C)CC3=O)N=C(C)C2C(=O)OC2CCCC2)ccc1O. The number of phenolic OH excluding ortho intramolecular Hbond substituents is 1. The highest BCUT2D eigenvalue weighted by Gasteiger charge is 2.46. The van der Waals surface area contributed by atoms with Crippen LogP contribution in [0.5, 0.6) is 11.5 Å². The minimum absolute atomic E-state index is 0.0165. The standard InChI is InChI=1S/C25H31NO5/c1-14-21(24(29)31-16-7-5-6-8-16)22(15-9-10-18(27)20(11-15)30-4)23-17(26-14)12-25(2,3)13-19(23)28/h9-11,16,21-22,27H,5-8,12-13H2,1-4H3/t21?,22-/m1/s1. The van der Waals surface area contributed by atoms with Gasteiger partial charge in [-0.2, -0.15) is 0 Å². The van der Waals surface area contributed by atoms with Crippen LogP contribution in [-0.4, -0.2) is 35.8 Å². The second-order valence-corrected chi connectivity index (χ2v) is 9.78. The van der Waals surface area contributed by atoms with Gasteiger partial charge in [0.15, 0.2) is 17.3 Å². The van der Waals surface area contributed by atoms with Gasteiger partial charge in [0.2, 0.25) is 0 Å². The maximum Gasteiger partial charge on any atom is 0.315 e. The molecule has 1 saturated carbocycles. The summed E-state index contributed by atoms with van der Waals surface area (Å²) in [5.41, 5.74) is 2.61. The first-order valence-electron chi connectivity index (χ1n) is 11.1. The smallest absolute Gasteiger partial charge is 0.315 e. The minimum atomic E-state index is -0.668. The van der Waals surface area contributed by atoms with E-state index in [2.05, 4.69) is 13.8 Å². The Balaban J connectivity index is 1.80. The first-order valence-corrected chi connectivity index (χ1v) is 11.1. The fraction of sp³-hybridized carbons (Fsp3) is 0.560. The van der Waals surface area contributed by atoms with Gasteiger partial charge in [-0.15, -0.1) is 0 Å². The van der Waals surface area contributed by atoms with Crippen molar-refractivity contribution >= 4 is 17.5 Å². The lowest BCUT2D eigenvalue weighted by Crippen LogP contribution is -2.40. The molecule has 1 aromatic carbocycles. The van der Waals surface area contributed by atoms with Gasteiger partial charge in [0.1, 0.15) is 12.0 Å². The van der Waals surface area contributed by atoms with Crippen molar-refractivity contribution in [2.24, 2.45) is 16.3 Å². The third-order valence-corrected chi connectivity index (χ3v) is 6.70. The van der Waals surface area contributed by atoms with Crippen LogP contribution in [0.3, 0.4) is 0 Å². The Bertz CT molecular complexity index is 968. The zero-order valence-corrected chi connectivity index (χ0v) is 18.7. The van der Waals surface area contributed by atoms with Crippen LogP contribution in [-0.2, 0) is 14.3 Å². The summed E-state index contributed by atoms with van der Waals surface area (Å²) in [5.74, 6) is -1.14. The number of esters is 1. The monoisotopic (exact) mass is 425 g/mol. The van der Waals surface area contributed by atoms with Crippen LogP contribution < -0.4 is 4.74 Å². The zero-order chi connectivity index (χ0) is 22.3. The third-order valence-electron chi connectivity index (χ3n) is 6.70. The van der Waals surface area contributed by atoms with Gasteiger partial charge in [-0.3, -0.25) is 14.6 Å². The van der Waals surface area contributed by atoms with Gasteiger partial charge in [-0.05, 0) is 62.1 Å². The molecule has 0 saturated heterocycles. The molecule has 0 spiro atoms. The van der Waals surface area contributed by atoms with Crippen molar-refractivity contribution in [3.63, 3.8) is 0 Å². The van der Waals surface area contributed by atoms with Crippen LogP contribution in [0, 0.1) is 11.3 Å². The van der Waals surface area contributed by atoms with Crippen molar-refractivity contribution < 1.29 is 24.2 Å². The summed E-state index contributed by atoms with van der Waals surface area (Å²) in [6, 6.07) is 5.02. The molecule has 0 aromatic heterocycles. The number of benzene rings is 1. The topological polar surface area (TPSA) is 85.2 Å². The number of aromatic hydroxyl groups is 1. The molecule has 1 aromatic rings. The fourth-order valence-electron chi connectivity index (χ4n) is 5.24. The van der Waals surface area contributed by atoms with Crippen molar-refractivity contribution in [3.8, 4) is 11.5 Å². The Morgan fingerprint density at radius 2 is 1.90 bits per heavy atom. The number of nitrogens with zero attached hydrogens (tertiary/aromatic N) is 1. The largest absolute Gasteiger partial charge is 0.504 e. The Labute approximate surface area is 183 Å². The van der Waals surface area contributed by atoms with Crippen molar-refractivity contribution in [1.29, 1.82) is 0 Å². The summed E-state index contributed by atoms with van der Waals surface area (Å²) >= 11 is 0. The first kappa shape index (κ1) is 21.6. The number of phenols is 1. The number of carbonyl (C=O) groups excluding carboxylic acids is 2. The molecule has 2 atom stereocenters. The molecular formula is C25H31NO5. The number of ketones is 1. The summed E-state index contributed by atoms with van der Waals surface area (Å²) in [6.45, 7) is 5.98. The second kappa shape index (κ2) is 8.13. The molecular weight excluding hydrogens is 394 g/mol. The van der Waals surface area contributed by atoms with E-state index < -0.39 is 11.8 Å². The molecule has 6 nitrogen and oxygen atoms in total. The predicted molar refractivity (Wildman–Crippen MR) is 117 cm³/mol. The highest BCUT2D eigenvalue weighted by atomic mass is 16.5. The third kappa shape index (κ3) is 4.12. The number of ether oxygens (including phenoxy) is 2. The molecule has 0 radical (unpaired) electrons. The predicted octanol–water partition coefficient (Wildman–Crippen LogP) is 4.70. The Morgan fingerprint density at radius 1 is 1.19 bits per heavy atom. The van der Waals surface area contributed by atoms with E-state index in [0.717, 1.165) is 36.9 Å². The highest BCUT2D eigenvalue weighted by molar-refractivity contribution is 6.09. The lowest BCUT2D eigenvalue weighted by molar-refractivity contribution is -0.151. The molecule has 1 fully saturated rings. The maximum absolute atomic E-state index is 13.4. The van der Waals surface area contributed by atoms with E-state index >= 15 is 0 Å². The molecule has 1 aliphatic heterocycles. The molecule has 1 unspecified atom stereocenters. The average Bonchev–Trinajstić information content (AvgIpc) is 3.19. The second-order valence-electron chi connectivity index (χ2n) is 9.78. The van der Waals surface area contributed by atoms with E-state index in [1.165, 1.54) is 7.11 Å². The lowest BCUT2D eigenvalue weighted by Gasteiger charge is -2.39. The van der Waals surface area contributed by atoms with Crippen LogP contribution in [0.4, 0.5) is 0 Å². The number of rotatable bonds is 4. The van der Waals surface area contributed by atoms with Crippen LogP contribution in [0.1, 0.15) is 70.8 Å². The maximum atomic E-state index is 13.4. The number of hydrogen-bond acceptors (Lipinski definition) is 6. The van der Waals surface area contributed by atoms with E-state index in [9.17, 15) is 14.7 Å². The molecule has 4 rings (SSSR count). The molecule has 1 heterocycles. The van der Waals surface area contributed by atoms with Crippen molar-refractivity contribution in [2.45, 2.75) is 71.3 Å². The molecule has 166 valence electrons. The van der Waals surface area contributed by atoms with E-state index in [-0.39, 0.29) is 29.0 Å². The number of allylic oxidation sites excluding steroid dienone is 2. The summed E-state index contributed by atoms with van der Waals surface area (Å²) in [4.78, 5) is 31.4. The summed E-state index contributed by atoms with van der Waals surface area (Å²) < 4.78 is 11.2. The van der Waals surface area contributed by atoms with E-state index in [1.807, 2.05) is 6.92 Å². The average molecular weight is 426 g/mol. The zero-order valence-electron chi connectivity index (χ0n) is 18.7. The Morgan fingerprint density at radius 3 is 2.58 bits per heavy atom. The van der Waals surface area contributed by atoms with Gasteiger partial charge in [-0.25, -0.2) is 0 Å². The van der Waals surface area contributed by atoms with Crippen molar-refractivity contribution in [3.05, 3.63) is 35.0 Å². The van der Waals surface area contributed by atoms with Crippen LogP contribution in [0.2, 0.25) is 0 Å². The van der Waals surface area contributed by atoms with Crippen LogP contribution in [0.15, 0.2) is 34.5 Å². The Hall–Kier alpha value is -2.63. The molecule has 0 bridgehead atoms. The van der Waals surface area contributed by atoms with Gasteiger partial charge in [-0.1, -0.05) is 19.9 Å². The van der Waals surface area contributed by atoms with E-state index in [4.69, 9.17) is 14.5 Å². The molecule has 31 heavy (non-hydrogen) atoms. The Kier molecular flexibility index (Phi) is 5.67. The van der Waals surface area contributed by atoms with Crippen molar-refractivity contribution in [2.75, 3.05) is 7.11 Å². The molecule has 0 amide bonds. The normalized spacial score (nSPS) is 25.8. The number of hydrogen-bond donors (Lipinski definition) is 1. The lowest BCUT2D eigenvalue weighted by atomic mass is 9.67. The van der Waals surface area contributed by atoms with Gasteiger partial charge >= 0.3 is 5.97 Å². The van der Waals surface area contributed by atoms with Crippen molar-refractivity contribution in [1.82, 2.24) is 0 Å². The number of carbonyl (C=O) groups is 2. The molecule has 1 N–H and O–H groups in total. The minimum Gasteiger partial charge on any atom is -0.504 e. The summed E-state index contributed by atoms with van der Waals surface area (Å²) in [6.07, 6.45) is 4.93. The quantitative estimate of drug-likeness (QED) is 0.707. The molecule has 3 aliphatic rings. The molecule has 6 heteroatoms. The highest BCUT2D eigenvalue weighted by Crippen LogP contribution is 2.49. The van der Waals surface area contributed by atoms with Gasteiger partial charge < -0.3 is 14.6 Å².